The second-order valence-corrected chi connectivity index (χ2v) is 14.0. The fourth-order valence-corrected chi connectivity index (χ4v) is 10.4. The fourth-order valence-electron chi connectivity index (χ4n) is 10.4. The minimum Gasteiger partial charge on any atom is -0.458 e. The van der Waals surface area contributed by atoms with E-state index < -0.39 is 42.9 Å². The number of ether oxygens (including phenoxy) is 2. The molecule has 0 aromatic rings. The summed E-state index contributed by atoms with van der Waals surface area (Å²) < 4.78 is 11.1. The van der Waals surface area contributed by atoms with Crippen molar-refractivity contribution >= 4 is 5.97 Å². The number of carbonyl (C=O) groups excluding carboxylic acids is 1. The summed E-state index contributed by atoms with van der Waals surface area (Å²) in [6, 6.07) is -0.0549. The van der Waals surface area contributed by atoms with Crippen LogP contribution in [-0.4, -0.2) is 99.2 Å². The van der Waals surface area contributed by atoms with Crippen LogP contribution in [0, 0.1) is 34.5 Å². The summed E-state index contributed by atoms with van der Waals surface area (Å²) in [6.07, 6.45) is 3.63. The van der Waals surface area contributed by atoms with E-state index in [1.807, 2.05) is 0 Å². The highest BCUT2D eigenvalue weighted by Gasteiger charge is 2.68. The monoisotopic (exact) mass is 565 g/mol. The van der Waals surface area contributed by atoms with Crippen LogP contribution < -0.4 is 0 Å². The van der Waals surface area contributed by atoms with E-state index in [2.05, 4.69) is 13.8 Å². The number of rotatable bonds is 5. The molecule has 0 bridgehead atoms. The normalized spacial score (nSPS) is 52.5. The largest absolute Gasteiger partial charge is 0.458 e. The van der Waals surface area contributed by atoms with Gasteiger partial charge in [0.05, 0.1) is 19.3 Å². The van der Waals surface area contributed by atoms with E-state index in [1.165, 1.54) is 7.11 Å². The van der Waals surface area contributed by atoms with Gasteiger partial charge in [0.1, 0.15) is 31.0 Å². The highest BCUT2D eigenvalue weighted by molar-refractivity contribution is 5.85. The molecule has 0 radical (unpaired) electrons. The van der Waals surface area contributed by atoms with Crippen LogP contribution in [0.2, 0.25) is 0 Å². The smallest absolute Gasteiger partial charge is 0.331 e. The zero-order chi connectivity index (χ0) is 28.6. The van der Waals surface area contributed by atoms with E-state index in [0.717, 1.165) is 63.4 Å². The molecule has 40 heavy (non-hydrogen) atoms. The quantitative estimate of drug-likeness (QED) is 0.244. The number of aliphatic hydroxyl groups is 5. The highest BCUT2D eigenvalue weighted by atomic mass is 16.7. The summed E-state index contributed by atoms with van der Waals surface area (Å²) in [5.41, 5.74) is 0.0988. The Hall–Kier alpha value is -1.11. The zero-order valence-corrected chi connectivity index (χ0v) is 23.9. The van der Waals surface area contributed by atoms with Crippen molar-refractivity contribution in [1.82, 2.24) is 5.06 Å². The van der Waals surface area contributed by atoms with E-state index >= 15 is 0 Å². The fraction of sp³-hybridized carbons (Fsp3) is 0.900. The first-order valence-electron chi connectivity index (χ1n) is 15.2. The Balaban J connectivity index is 1.19. The van der Waals surface area contributed by atoms with Crippen molar-refractivity contribution in [3.05, 3.63) is 11.6 Å². The van der Waals surface area contributed by atoms with Gasteiger partial charge in [0.15, 0.2) is 6.23 Å². The van der Waals surface area contributed by atoms with Crippen LogP contribution in [0.25, 0.3) is 0 Å². The van der Waals surface area contributed by atoms with E-state index in [4.69, 9.17) is 14.3 Å². The van der Waals surface area contributed by atoms with Crippen molar-refractivity contribution in [2.45, 2.75) is 114 Å². The standard InChI is InChI=1S/C30H47NO9/c1-28-9-6-18(31(38-3)27-26(36)25(35)24(34)22(14-32)40-27)13-17(28)4-5-21-20(28)7-10-29(2)19(8-11-30(21,29)37)16-12-23(33)39-15-16/h12,17-22,24-27,32,34-37H,4-11,13-15H2,1-3H3/t17-,18?,19-,20?,21?,22?,24-,25+,26?,27-,28+,29-,30+/m1/s1. The number of hydrogen-bond donors (Lipinski definition) is 5. The lowest BCUT2D eigenvalue weighted by atomic mass is 9.43. The Morgan fingerprint density at radius 1 is 1.00 bits per heavy atom. The van der Waals surface area contributed by atoms with Gasteiger partial charge in [-0.3, -0.25) is 4.84 Å². The molecule has 5 fully saturated rings. The summed E-state index contributed by atoms with van der Waals surface area (Å²) >= 11 is 0. The van der Waals surface area contributed by atoms with E-state index in [9.17, 15) is 30.3 Å². The SMILES string of the molecule is CON(C1CC[C@]2(C)C3CC[C@]4(C)[C@@H](C5=CC(=O)OC5)CC[C@]4(O)C3CC[C@@H]2C1)[C@@H]1OC(CO)[C@@H](O)[C@H](O)C1O. The molecule has 4 saturated carbocycles. The lowest BCUT2D eigenvalue weighted by molar-refractivity contribution is -0.344. The number of aliphatic hydroxyl groups excluding tert-OH is 4. The summed E-state index contributed by atoms with van der Waals surface area (Å²) in [5, 5.41) is 55.1. The van der Waals surface area contributed by atoms with Crippen LogP contribution in [0.5, 0.6) is 0 Å². The predicted molar refractivity (Wildman–Crippen MR) is 142 cm³/mol. The molecule has 13 atom stereocenters. The lowest BCUT2D eigenvalue weighted by Gasteiger charge is -2.64. The summed E-state index contributed by atoms with van der Waals surface area (Å²) in [6.45, 7) is 4.53. The minimum atomic E-state index is -1.45. The van der Waals surface area contributed by atoms with Gasteiger partial charge in [-0.25, -0.2) is 4.79 Å². The Labute approximate surface area is 236 Å². The molecule has 0 amide bonds. The summed E-state index contributed by atoms with van der Waals surface area (Å²) in [7, 11) is 1.53. The van der Waals surface area contributed by atoms with Crippen LogP contribution in [-0.2, 0) is 19.1 Å². The molecule has 0 spiro atoms. The molecule has 5 N–H and O–H groups in total. The number of hydroxylamine groups is 2. The molecule has 2 heterocycles. The first kappa shape index (κ1) is 29.0. The average molecular weight is 566 g/mol. The van der Waals surface area contributed by atoms with Crippen molar-refractivity contribution in [2.24, 2.45) is 34.5 Å². The number of nitrogens with zero attached hydrogens (tertiary/aromatic N) is 1. The second kappa shape index (κ2) is 10.3. The van der Waals surface area contributed by atoms with Crippen molar-refractivity contribution in [2.75, 3.05) is 20.3 Å². The molecule has 4 aliphatic carbocycles. The van der Waals surface area contributed by atoms with Gasteiger partial charge in [0.25, 0.3) is 0 Å². The van der Waals surface area contributed by atoms with E-state index in [0.29, 0.717) is 18.4 Å². The summed E-state index contributed by atoms with van der Waals surface area (Å²) in [4.78, 5) is 17.6. The Kier molecular flexibility index (Phi) is 7.43. The predicted octanol–water partition coefficient (Wildman–Crippen LogP) is 1.28. The highest BCUT2D eigenvalue weighted by Crippen LogP contribution is 2.70. The molecule has 0 aromatic carbocycles. The Morgan fingerprint density at radius 2 is 1.77 bits per heavy atom. The van der Waals surface area contributed by atoms with Gasteiger partial charge >= 0.3 is 5.97 Å². The number of esters is 1. The Morgan fingerprint density at radius 3 is 2.45 bits per heavy atom. The van der Waals surface area contributed by atoms with Gasteiger partial charge < -0.3 is 35.0 Å². The second-order valence-electron chi connectivity index (χ2n) is 14.0. The first-order chi connectivity index (χ1) is 19.0. The van der Waals surface area contributed by atoms with Crippen LogP contribution in [0.3, 0.4) is 0 Å². The topological polar surface area (TPSA) is 149 Å². The molecular formula is C30H47NO9. The summed E-state index contributed by atoms with van der Waals surface area (Å²) in [5.74, 6) is 0.949. The van der Waals surface area contributed by atoms with E-state index in [-0.39, 0.29) is 34.7 Å². The number of carbonyl (C=O) groups is 1. The third-order valence-electron chi connectivity index (χ3n) is 12.6. The van der Waals surface area contributed by atoms with Crippen LogP contribution >= 0.6 is 0 Å². The van der Waals surface area contributed by atoms with Gasteiger partial charge in [0.2, 0.25) is 0 Å². The molecule has 0 aromatic heterocycles. The van der Waals surface area contributed by atoms with Crippen LogP contribution in [0.1, 0.15) is 71.6 Å². The molecular weight excluding hydrogens is 518 g/mol. The van der Waals surface area contributed by atoms with Crippen molar-refractivity contribution in [1.29, 1.82) is 0 Å². The zero-order valence-electron chi connectivity index (χ0n) is 23.9. The first-order valence-corrected chi connectivity index (χ1v) is 15.2. The maximum absolute atomic E-state index is 12.4. The third-order valence-corrected chi connectivity index (χ3v) is 12.6. The molecule has 2 aliphatic heterocycles. The lowest BCUT2D eigenvalue weighted by Crippen LogP contribution is -2.66. The molecule has 226 valence electrons. The molecule has 10 nitrogen and oxygen atoms in total. The molecule has 5 unspecified atom stereocenters. The van der Waals surface area contributed by atoms with Crippen molar-refractivity contribution in [3.8, 4) is 0 Å². The van der Waals surface area contributed by atoms with Crippen LogP contribution in [0.15, 0.2) is 11.6 Å². The maximum Gasteiger partial charge on any atom is 0.331 e. The number of hydrogen-bond acceptors (Lipinski definition) is 10. The molecule has 6 aliphatic rings. The van der Waals surface area contributed by atoms with Gasteiger partial charge in [-0.15, -0.1) is 0 Å². The average Bonchev–Trinajstić information content (AvgIpc) is 3.48. The minimum absolute atomic E-state index is 0.0549. The maximum atomic E-state index is 12.4. The molecule has 6 rings (SSSR count). The van der Waals surface area contributed by atoms with Gasteiger partial charge in [-0.2, -0.15) is 5.06 Å². The number of fused-ring (bicyclic) bond motifs is 5. The van der Waals surface area contributed by atoms with Gasteiger partial charge in [0, 0.05) is 17.5 Å². The molecule has 10 heteroatoms. The van der Waals surface area contributed by atoms with Gasteiger partial charge in [-0.05, 0) is 92.4 Å². The Bertz CT molecular complexity index is 1020. The van der Waals surface area contributed by atoms with Crippen molar-refractivity contribution < 1.29 is 44.6 Å². The third kappa shape index (κ3) is 4.08. The number of cyclic esters (lactones) is 1. The van der Waals surface area contributed by atoms with Crippen molar-refractivity contribution in [3.63, 3.8) is 0 Å². The van der Waals surface area contributed by atoms with Crippen LogP contribution in [0.4, 0.5) is 0 Å². The van der Waals surface area contributed by atoms with E-state index in [1.54, 1.807) is 11.1 Å². The molecule has 1 saturated heterocycles. The van der Waals surface area contributed by atoms with Gasteiger partial charge in [-0.1, -0.05) is 13.8 Å².